The van der Waals surface area contributed by atoms with Gasteiger partial charge in [-0.15, -0.1) is 0 Å². The standard InChI is InChI=1S/C18H15F2N3O2/c19-13-3-4-17(16(20)9-13)23-6-5-14(11-23)22-18(24)12(10-21)8-15-2-1-7-25-15/h1-4,7-9,14H,5-6,11H2,(H,22,24)/b12-8-/t14-/m1/s1. The Morgan fingerprint density at radius 1 is 1.40 bits per heavy atom. The summed E-state index contributed by atoms with van der Waals surface area (Å²) >= 11 is 0. The van der Waals surface area contributed by atoms with E-state index in [0.29, 0.717) is 31.0 Å². The Kier molecular flexibility index (Phi) is 4.80. The minimum Gasteiger partial charge on any atom is -0.465 e. The molecule has 1 fully saturated rings. The molecule has 128 valence electrons. The van der Waals surface area contributed by atoms with Crippen molar-refractivity contribution in [1.29, 1.82) is 5.26 Å². The first kappa shape index (κ1) is 16.7. The van der Waals surface area contributed by atoms with Crippen LogP contribution in [0.3, 0.4) is 0 Å². The highest BCUT2D eigenvalue weighted by atomic mass is 19.1. The minimum absolute atomic E-state index is 0.0682. The molecule has 0 bridgehead atoms. The zero-order valence-electron chi connectivity index (χ0n) is 13.2. The van der Waals surface area contributed by atoms with Crippen molar-refractivity contribution in [3.63, 3.8) is 0 Å². The number of rotatable bonds is 4. The van der Waals surface area contributed by atoms with Gasteiger partial charge in [-0.3, -0.25) is 4.79 Å². The summed E-state index contributed by atoms with van der Waals surface area (Å²) in [6.07, 6.45) is 3.41. The van der Waals surface area contributed by atoms with E-state index in [1.807, 2.05) is 6.07 Å². The number of anilines is 1. The largest absolute Gasteiger partial charge is 0.465 e. The maximum atomic E-state index is 13.9. The monoisotopic (exact) mass is 343 g/mol. The van der Waals surface area contributed by atoms with E-state index >= 15 is 0 Å². The molecule has 1 atom stereocenters. The van der Waals surface area contributed by atoms with Gasteiger partial charge in [-0.25, -0.2) is 8.78 Å². The number of amides is 1. The van der Waals surface area contributed by atoms with Gasteiger partial charge in [0.1, 0.15) is 29.0 Å². The number of carbonyl (C=O) groups is 1. The molecule has 0 aliphatic carbocycles. The number of hydrogen-bond acceptors (Lipinski definition) is 4. The van der Waals surface area contributed by atoms with Gasteiger partial charge >= 0.3 is 0 Å². The third kappa shape index (κ3) is 3.86. The fourth-order valence-corrected chi connectivity index (χ4v) is 2.76. The predicted molar refractivity (Wildman–Crippen MR) is 87.4 cm³/mol. The average molecular weight is 343 g/mol. The summed E-state index contributed by atoms with van der Waals surface area (Å²) in [4.78, 5) is 14.0. The molecule has 25 heavy (non-hydrogen) atoms. The Morgan fingerprint density at radius 2 is 2.24 bits per heavy atom. The van der Waals surface area contributed by atoms with E-state index in [9.17, 15) is 13.6 Å². The zero-order chi connectivity index (χ0) is 17.8. The molecule has 1 aliphatic heterocycles. The first-order valence-electron chi connectivity index (χ1n) is 7.73. The quantitative estimate of drug-likeness (QED) is 0.685. The molecule has 2 aromatic rings. The maximum absolute atomic E-state index is 13.9. The number of benzene rings is 1. The van der Waals surface area contributed by atoms with Crippen LogP contribution >= 0.6 is 0 Å². The first-order chi connectivity index (χ1) is 12.1. The van der Waals surface area contributed by atoms with Crippen molar-refractivity contribution < 1.29 is 18.0 Å². The van der Waals surface area contributed by atoms with Crippen molar-refractivity contribution >= 4 is 17.7 Å². The van der Waals surface area contributed by atoms with Crippen LogP contribution in [-0.2, 0) is 4.79 Å². The lowest BCUT2D eigenvalue weighted by Crippen LogP contribution is -2.37. The number of nitriles is 1. The predicted octanol–water partition coefficient (Wildman–Crippen LogP) is 2.86. The molecule has 0 unspecified atom stereocenters. The summed E-state index contributed by atoms with van der Waals surface area (Å²) in [6, 6.07) is 8.32. The number of nitrogens with zero attached hydrogens (tertiary/aromatic N) is 2. The molecule has 1 aliphatic rings. The summed E-state index contributed by atoms with van der Waals surface area (Å²) in [6.45, 7) is 0.908. The van der Waals surface area contributed by atoms with Crippen molar-refractivity contribution in [3.05, 3.63) is 59.6 Å². The molecule has 3 rings (SSSR count). The lowest BCUT2D eigenvalue weighted by Gasteiger charge is -2.19. The molecule has 1 aromatic carbocycles. The Labute approximate surface area is 143 Å². The summed E-state index contributed by atoms with van der Waals surface area (Å²) in [5.41, 5.74) is 0.228. The number of halogens is 2. The summed E-state index contributed by atoms with van der Waals surface area (Å²) < 4.78 is 32.0. The number of furan rings is 1. The van der Waals surface area contributed by atoms with E-state index in [0.717, 1.165) is 6.07 Å². The molecule has 0 saturated carbocycles. The van der Waals surface area contributed by atoms with Gasteiger partial charge in [-0.2, -0.15) is 5.26 Å². The van der Waals surface area contributed by atoms with E-state index < -0.39 is 17.5 Å². The smallest absolute Gasteiger partial charge is 0.262 e. The van der Waals surface area contributed by atoms with Gasteiger partial charge in [0.05, 0.1) is 12.0 Å². The van der Waals surface area contributed by atoms with Crippen molar-refractivity contribution in [2.45, 2.75) is 12.5 Å². The Hall–Kier alpha value is -3.14. The van der Waals surface area contributed by atoms with Gasteiger partial charge in [-0.05, 0) is 30.7 Å². The molecule has 0 radical (unpaired) electrons. The number of nitrogens with one attached hydrogen (secondary N) is 1. The van der Waals surface area contributed by atoms with Crippen LogP contribution in [0.4, 0.5) is 14.5 Å². The second kappa shape index (κ2) is 7.18. The highest BCUT2D eigenvalue weighted by Crippen LogP contribution is 2.24. The summed E-state index contributed by atoms with van der Waals surface area (Å²) in [5.74, 6) is -1.37. The fraction of sp³-hybridized carbons (Fsp3) is 0.222. The van der Waals surface area contributed by atoms with Gasteiger partial charge in [0.15, 0.2) is 0 Å². The lowest BCUT2D eigenvalue weighted by atomic mass is 10.2. The fourth-order valence-electron chi connectivity index (χ4n) is 2.76. The molecule has 5 nitrogen and oxygen atoms in total. The maximum Gasteiger partial charge on any atom is 0.262 e. The molecular formula is C18H15F2N3O2. The third-order valence-corrected chi connectivity index (χ3v) is 3.97. The SMILES string of the molecule is N#C/C(=C/c1ccco1)C(=O)N[C@@H]1CCN(c2ccc(F)cc2F)C1. The van der Waals surface area contributed by atoms with Crippen molar-refractivity contribution in [2.24, 2.45) is 0 Å². The van der Waals surface area contributed by atoms with Crippen molar-refractivity contribution in [3.8, 4) is 6.07 Å². The molecule has 2 heterocycles. The molecule has 1 N–H and O–H groups in total. The molecule has 7 heteroatoms. The van der Waals surface area contributed by atoms with Crippen molar-refractivity contribution in [2.75, 3.05) is 18.0 Å². The summed E-state index contributed by atoms with van der Waals surface area (Å²) in [5, 5.41) is 11.9. The van der Waals surface area contributed by atoms with E-state index in [1.54, 1.807) is 17.0 Å². The van der Waals surface area contributed by atoms with Crippen LogP contribution in [0.2, 0.25) is 0 Å². The second-order valence-corrected chi connectivity index (χ2v) is 5.69. The van der Waals surface area contributed by atoms with E-state index in [2.05, 4.69) is 5.32 Å². The lowest BCUT2D eigenvalue weighted by molar-refractivity contribution is -0.117. The topological polar surface area (TPSA) is 69.3 Å². The Morgan fingerprint density at radius 3 is 2.92 bits per heavy atom. The van der Waals surface area contributed by atoms with Crippen molar-refractivity contribution in [1.82, 2.24) is 5.32 Å². The molecule has 1 amide bonds. The van der Waals surface area contributed by atoms with Crippen LogP contribution in [0.15, 0.2) is 46.6 Å². The van der Waals surface area contributed by atoms with Gasteiger partial charge in [0.25, 0.3) is 5.91 Å². The molecular weight excluding hydrogens is 328 g/mol. The van der Waals surface area contributed by atoms with E-state index in [1.165, 1.54) is 24.5 Å². The highest BCUT2D eigenvalue weighted by Gasteiger charge is 2.26. The van der Waals surface area contributed by atoms with Crippen LogP contribution in [0.25, 0.3) is 6.08 Å². The van der Waals surface area contributed by atoms with Crippen LogP contribution in [0.5, 0.6) is 0 Å². The summed E-state index contributed by atoms with van der Waals surface area (Å²) in [7, 11) is 0. The van der Waals surface area contributed by atoms with Gasteiger partial charge < -0.3 is 14.6 Å². The second-order valence-electron chi connectivity index (χ2n) is 5.69. The van der Waals surface area contributed by atoms with Crippen LogP contribution in [-0.4, -0.2) is 25.0 Å². The zero-order valence-corrected chi connectivity index (χ0v) is 13.2. The van der Waals surface area contributed by atoms with Gasteiger partial charge in [0, 0.05) is 31.3 Å². The normalized spacial score (nSPS) is 17.4. The Balaban J connectivity index is 1.64. The third-order valence-electron chi connectivity index (χ3n) is 3.97. The number of hydrogen-bond donors (Lipinski definition) is 1. The van der Waals surface area contributed by atoms with E-state index in [4.69, 9.17) is 9.68 Å². The highest BCUT2D eigenvalue weighted by molar-refractivity contribution is 6.01. The number of carbonyl (C=O) groups excluding carboxylic acids is 1. The van der Waals surface area contributed by atoms with Gasteiger partial charge in [0.2, 0.25) is 0 Å². The van der Waals surface area contributed by atoms with Crippen LogP contribution in [0.1, 0.15) is 12.2 Å². The van der Waals surface area contributed by atoms with E-state index in [-0.39, 0.29) is 11.6 Å². The minimum atomic E-state index is -0.637. The Bertz CT molecular complexity index is 841. The molecule has 0 spiro atoms. The molecule has 1 saturated heterocycles. The van der Waals surface area contributed by atoms with Gasteiger partial charge in [-0.1, -0.05) is 0 Å². The van der Waals surface area contributed by atoms with Crippen LogP contribution < -0.4 is 10.2 Å². The van der Waals surface area contributed by atoms with Crippen LogP contribution in [0, 0.1) is 23.0 Å². The first-order valence-corrected chi connectivity index (χ1v) is 7.73. The average Bonchev–Trinajstić information content (AvgIpc) is 3.24. The molecule has 1 aromatic heterocycles.